The summed E-state index contributed by atoms with van der Waals surface area (Å²) in [5.74, 6) is -1.19. The lowest BCUT2D eigenvalue weighted by Crippen LogP contribution is -2.49. The molecule has 3 aromatic rings. The van der Waals surface area contributed by atoms with Crippen LogP contribution in [0.1, 0.15) is 23.2 Å². The lowest BCUT2D eigenvalue weighted by atomic mass is 9.98. The molecule has 4 rings (SSSR count). The Kier molecular flexibility index (Phi) is 5.57. The van der Waals surface area contributed by atoms with Crippen LogP contribution in [0.2, 0.25) is 0 Å². The topological polar surface area (TPSA) is 117 Å². The molecule has 30 heavy (non-hydrogen) atoms. The highest BCUT2D eigenvalue weighted by molar-refractivity contribution is 7.22. The summed E-state index contributed by atoms with van der Waals surface area (Å²) in [6.07, 6.45) is 1.55. The minimum Gasteiger partial charge on any atom is -0.347 e. The third kappa shape index (κ3) is 4.23. The number of piperidine rings is 1. The van der Waals surface area contributed by atoms with Crippen molar-refractivity contribution in [1.82, 2.24) is 15.8 Å². The lowest BCUT2D eigenvalue weighted by Gasteiger charge is -2.31. The van der Waals surface area contributed by atoms with E-state index in [1.165, 1.54) is 18.2 Å². The van der Waals surface area contributed by atoms with E-state index in [1.54, 1.807) is 11.3 Å². The Morgan fingerprint density at radius 3 is 2.80 bits per heavy atom. The van der Waals surface area contributed by atoms with Gasteiger partial charge in [0.1, 0.15) is 0 Å². The number of carbonyl (C=O) groups excluding carboxylic acids is 2. The highest BCUT2D eigenvalue weighted by atomic mass is 32.1. The molecule has 0 saturated carbocycles. The Hall–Kier alpha value is -3.53. The number of aromatic nitrogens is 1. The fraction of sp³-hybridized carbons (Fsp3) is 0.250. The molecule has 0 unspecified atom stereocenters. The van der Waals surface area contributed by atoms with E-state index in [1.807, 2.05) is 24.3 Å². The van der Waals surface area contributed by atoms with Crippen molar-refractivity contribution in [2.75, 3.05) is 18.0 Å². The Labute approximate surface area is 175 Å². The van der Waals surface area contributed by atoms with Crippen LogP contribution in [-0.4, -0.2) is 34.8 Å². The molecule has 2 N–H and O–H groups in total. The lowest BCUT2D eigenvalue weighted by molar-refractivity contribution is -0.384. The number of amides is 2. The maximum Gasteiger partial charge on any atom is 0.270 e. The summed E-state index contributed by atoms with van der Waals surface area (Å²) in [6, 6.07) is 13.2. The van der Waals surface area contributed by atoms with Gasteiger partial charge in [-0.1, -0.05) is 29.5 Å². The van der Waals surface area contributed by atoms with Crippen LogP contribution in [0.25, 0.3) is 10.2 Å². The maximum atomic E-state index is 12.6. The number of para-hydroxylation sites is 1. The van der Waals surface area contributed by atoms with Crippen LogP contribution in [0.4, 0.5) is 10.8 Å². The zero-order valence-corrected chi connectivity index (χ0v) is 16.7. The van der Waals surface area contributed by atoms with Crippen LogP contribution < -0.4 is 15.8 Å². The van der Waals surface area contributed by atoms with Gasteiger partial charge in [-0.25, -0.2) is 4.98 Å². The first-order chi connectivity index (χ1) is 14.5. The molecule has 1 aliphatic rings. The van der Waals surface area contributed by atoms with E-state index in [0.717, 1.165) is 34.4 Å². The van der Waals surface area contributed by atoms with Gasteiger partial charge in [0.25, 0.3) is 11.6 Å². The summed E-state index contributed by atoms with van der Waals surface area (Å²) in [5, 5.41) is 11.7. The Balaban J connectivity index is 1.37. The number of hydrogen-bond donors (Lipinski definition) is 2. The number of fused-ring (bicyclic) bond motifs is 1. The van der Waals surface area contributed by atoms with Gasteiger partial charge in [-0.05, 0) is 31.0 Å². The van der Waals surface area contributed by atoms with Crippen LogP contribution in [0.3, 0.4) is 0 Å². The van der Waals surface area contributed by atoms with E-state index in [9.17, 15) is 19.7 Å². The molecule has 0 radical (unpaired) electrons. The number of anilines is 1. The fourth-order valence-electron chi connectivity index (χ4n) is 3.41. The molecule has 1 aromatic heterocycles. The van der Waals surface area contributed by atoms with Gasteiger partial charge in [-0.15, -0.1) is 0 Å². The minimum atomic E-state index is -0.606. The van der Waals surface area contributed by atoms with Crippen molar-refractivity contribution in [2.45, 2.75) is 12.8 Å². The summed E-state index contributed by atoms with van der Waals surface area (Å²) in [5.41, 5.74) is 5.64. The second kappa shape index (κ2) is 8.46. The third-order valence-corrected chi connectivity index (χ3v) is 6.06. The van der Waals surface area contributed by atoms with Gasteiger partial charge in [0.05, 0.1) is 21.1 Å². The number of thiazole rings is 1. The van der Waals surface area contributed by atoms with E-state index in [2.05, 4.69) is 20.7 Å². The third-order valence-electron chi connectivity index (χ3n) is 4.96. The molecule has 0 bridgehead atoms. The van der Waals surface area contributed by atoms with E-state index < -0.39 is 10.8 Å². The fourth-order valence-corrected chi connectivity index (χ4v) is 4.41. The first kappa shape index (κ1) is 19.8. The predicted octanol–water partition coefficient (Wildman–Crippen LogP) is 2.88. The Bertz CT molecular complexity index is 1080. The molecule has 1 atom stereocenters. The van der Waals surface area contributed by atoms with E-state index in [0.29, 0.717) is 13.0 Å². The molecular formula is C20H19N5O4S. The molecule has 2 aromatic carbocycles. The SMILES string of the molecule is O=C(NNC(=O)[C@H]1CCCN(c2nc3ccccc3s2)C1)c1cccc([N+](=O)[O-])c1. The number of nitro groups is 1. The van der Waals surface area contributed by atoms with Gasteiger partial charge < -0.3 is 4.90 Å². The molecule has 0 aliphatic carbocycles. The van der Waals surface area contributed by atoms with Crippen molar-refractivity contribution >= 4 is 44.2 Å². The van der Waals surface area contributed by atoms with Crippen LogP contribution >= 0.6 is 11.3 Å². The standard InChI is InChI=1S/C20H19N5O4S/c26-18(13-5-3-7-15(11-13)25(28)29)22-23-19(27)14-6-4-10-24(12-14)20-21-16-8-1-2-9-17(16)30-20/h1-3,5,7-9,11,14H,4,6,10,12H2,(H,22,26)(H,23,27)/t14-/m0/s1. The molecule has 1 fully saturated rings. The summed E-state index contributed by atoms with van der Waals surface area (Å²) in [7, 11) is 0. The zero-order valence-electron chi connectivity index (χ0n) is 15.9. The van der Waals surface area contributed by atoms with Crippen molar-refractivity contribution in [3.05, 3.63) is 64.2 Å². The van der Waals surface area contributed by atoms with Crippen LogP contribution in [0.15, 0.2) is 48.5 Å². The molecule has 10 heteroatoms. The first-order valence-electron chi connectivity index (χ1n) is 9.46. The van der Waals surface area contributed by atoms with Gasteiger partial charge >= 0.3 is 0 Å². The number of non-ortho nitro benzene ring substituents is 1. The highest BCUT2D eigenvalue weighted by Gasteiger charge is 2.28. The van der Waals surface area contributed by atoms with Crippen LogP contribution in [0, 0.1) is 16.0 Å². The summed E-state index contributed by atoms with van der Waals surface area (Å²) >= 11 is 1.60. The molecule has 1 aliphatic heterocycles. The van der Waals surface area contributed by atoms with Crippen molar-refractivity contribution in [3.8, 4) is 0 Å². The summed E-state index contributed by atoms with van der Waals surface area (Å²) in [4.78, 5) is 41.8. The molecule has 0 spiro atoms. The summed E-state index contributed by atoms with van der Waals surface area (Å²) in [6.45, 7) is 1.34. The number of benzene rings is 2. The van der Waals surface area contributed by atoms with E-state index in [-0.39, 0.29) is 23.1 Å². The Morgan fingerprint density at radius 1 is 1.17 bits per heavy atom. The predicted molar refractivity (Wildman–Crippen MR) is 113 cm³/mol. The number of carbonyl (C=O) groups is 2. The minimum absolute atomic E-state index is 0.101. The molecule has 2 amide bonds. The molecule has 2 heterocycles. The van der Waals surface area contributed by atoms with Crippen molar-refractivity contribution in [1.29, 1.82) is 0 Å². The van der Waals surface area contributed by atoms with E-state index in [4.69, 9.17) is 0 Å². The Morgan fingerprint density at radius 2 is 2.00 bits per heavy atom. The number of nitro benzene ring substituents is 1. The van der Waals surface area contributed by atoms with Crippen molar-refractivity contribution in [2.24, 2.45) is 5.92 Å². The number of nitrogens with zero attached hydrogens (tertiary/aromatic N) is 3. The number of nitrogens with one attached hydrogen (secondary N) is 2. The normalized spacial score (nSPS) is 16.3. The van der Waals surface area contributed by atoms with Crippen molar-refractivity contribution < 1.29 is 14.5 Å². The zero-order chi connectivity index (χ0) is 21.1. The second-order valence-electron chi connectivity index (χ2n) is 7.00. The van der Waals surface area contributed by atoms with Gasteiger partial charge in [-0.3, -0.25) is 30.6 Å². The van der Waals surface area contributed by atoms with Gasteiger partial charge in [-0.2, -0.15) is 0 Å². The van der Waals surface area contributed by atoms with Crippen LogP contribution in [0.5, 0.6) is 0 Å². The van der Waals surface area contributed by atoms with Crippen molar-refractivity contribution in [3.63, 3.8) is 0 Å². The van der Waals surface area contributed by atoms with Crippen LogP contribution in [-0.2, 0) is 4.79 Å². The monoisotopic (exact) mass is 425 g/mol. The summed E-state index contributed by atoms with van der Waals surface area (Å²) < 4.78 is 1.10. The maximum absolute atomic E-state index is 12.6. The largest absolute Gasteiger partial charge is 0.347 e. The second-order valence-corrected chi connectivity index (χ2v) is 8.01. The van der Waals surface area contributed by atoms with Gasteiger partial charge in [0.15, 0.2) is 5.13 Å². The van der Waals surface area contributed by atoms with Gasteiger partial charge in [0, 0.05) is 30.8 Å². The molecule has 9 nitrogen and oxygen atoms in total. The first-order valence-corrected chi connectivity index (χ1v) is 10.3. The molecular weight excluding hydrogens is 406 g/mol. The van der Waals surface area contributed by atoms with E-state index >= 15 is 0 Å². The number of hydrogen-bond acceptors (Lipinski definition) is 7. The molecule has 154 valence electrons. The number of rotatable bonds is 4. The van der Waals surface area contributed by atoms with Gasteiger partial charge in [0.2, 0.25) is 5.91 Å². The average molecular weight is 425 g/mol. The average Bonchev–Trinajstić information content (AvgIpc) is 3.22. The highest BCUT2D eigenvalue weighted by Crippen LogP contribution is 2.31. The smallest absolute Gasteiger partial charge is 0.270 e. The molecule has 1 saturated heterocycles. The number of hydrazine groups is 1. The quantitative estimate of drug-likeness (QED) is 0.490.